The average Bonchev–Trinajstić information content (AvgIpc) is 3.31. The number of likely N-dealkylation sites (tertiary alicyclic amines) is 1. The van der Waals surface area contributed by atoms with Gasteiger partial charge in [0, 0.05) is 22.3 Å². The van der Waals surface area contributed by atoms with Crippen LogP contribution in [0.3, 0.4) is 0 Å². The van der Waals surface area contributed by atoms with Gasteiger partial charge in [-0.25, -0.2) is 4.39 Å². The van der Waals surface area contributed by atoms with Crippen molar-refractivity contribution in [2.75, 3.05) is 5.32 Å². The van der Waals surface area contributed by atoms with Gasteiger partial charge in [0.2, 0.25) is 17.7 Å². The van der Waals surface area contributed by atoms with E-state index in [2.05, 4.69) is 10.6 Å². The SMILES string of the molecule is C[C@H](O)[C@@H]1N[C@]2(C(=O)Nc3ccc(F)cc32)[C@@H]2C(=O)N(Cc3ccccc3Cl)C(=O)[C@H]12. The Hall–Kier alpha value is -2.81. The predicted molar refractivity (Wildman–Crippen MR) is 109 cm³/mol. The van der Waals surface area contributed by atoms with Crippen LogP contribution in [0, 0.1) is 17.7 Å². The van der Waals surface area contributed by atoms with Crippen molar-refractivity contribution in [3.8, 4) is 0 Å². The van der Waals surface area contributed by atoms with E-state index in [9.17, 15) is 23.9 Å². The van der Waals surface area contributed by atoms with E-state index < -0.39 is 53.1 Å². The number of rotatable bonds is 3. The van der Waals surface area contributed by atoms with Crippen molar-refractivity contribution in [3.63, 3.8) is 0 Å². The van der Waals surface area contributed by atoms with E-state index >= 15 is 0 Å². The minimum absolute atomic E-state index is 0.0510. The lowest BCUT2D eigenvalue weighted by Gasteiger charge is -2.30. The van der Waals surface area contributed by atoms with Crippen LogP contribution in [-0.2, 0) is 26.5 Å². The number of anilines is 1. The van der Waals surface area contributed by atoms with E-state index in [1.165, 1.54) is 25.1 Å². The van der Waals surface area contributed by atoms with Crippen LogP contribution >= 0.6 is 11.6 Å². The fourth-order valence-corrected chi connectivity index (χ4v) is 5.33. The molecule has 0 unspecified atom stereocenters. The van der Waals surface area contributed by atoms with Gasteiger partial charge in [0.25, 0.3) is 0 Å². The fraction of sp³-hybridized carbons (Fsp3) is 0.318. The molecule has 0 radical (unpaired) electrons. The Morgan fingerprint density at radius 3 is 2.65 bits per heavy atom. The number of aliphatic hydroxyl groups is 1. The maximum Gasteiger partial charge on any atom is 0.250 e. The number of hydrogen-bond donors (Lipinski definition) is 3. The van der Waals surface area contributed by atoms with E-state index in [1.54, 1.807) is 24.3 Å². The summed E-state index contributed by atoms with van der Waals surface area (Å²) in [5, 5.41) is 16.5. The predicted octanol–water partition coefficient (Wildman–Crippen LogP) is 1.78. The quantitative estimate of drug-likeness (QED) is 0.628. The van der Waals surface area contributed by atoms with Crippen LogP contribution in [0.1, 0.15) is 18.1 Å². The lowest BCUT2D eigenvalue weighted by Crippen LogP contribution is -2.54. The summed E-state index contributed by atoms with van der Waals surface area (Å²) in [4.78, 5) is 41.2. The lowest BCUT2D eigenvalue weighted by molar-refractivity contribution is -0.143. The molecule has 0 aromatic heterocycles. The number of fused-ring (bicyclic) bond motifs is 4. The van der Waals surface area contributed by atoms with Crippen molar-refractivity contribution < 1.29 is 23.9 Å². The zero-order valence-electron chi connectivity index (χ0n) is 16.4. The zero-order valence-corrected chi connectivity index (χ0v) is 17.2. The second-order valence-corrected chi connectivity index (χ2v) is 8.63. The van der Waals surface area contributed by atoms with E-state index in [0.29, 0.717) is 16.3 Å². The second-order valence-electron chi connectivity index (χ2n) is 8.22. The van der Waals surface area contributed by atoms with Crippen LogP contribution in [0.25, 0.3) is 0 Å². The maximum absolute atomic E-state index is 14.1. The molecule has 1 spiro atoms. The fourth-order valence-electron chi connectivity index (χ4n) is 5.13. The Kier molecular flexibility index (Phi) is 4.44. The Bertz CT molecular complexity index is 1140. The van der Waals surface area contributed by atoms with Crippen molar-refractivity contribution in [1.82, 2.24) is 10.2 Å². The smallest absolute Gasteiger partial charge is 0.250 e. The molecule has 3 aliphatic heterocycles. The average molecular weight is 444 g/mol. The normalized spacial score (nSPS) is 30.0. The number of halogens is 2. The van der Waals surface area contributed by atoms with Gasteiger partial charge < -0.3 is 10.4 Å². The zero-order chi connectivity index (χ0) is 22.1. The van der Waals surface area contributed by atoms with Crippen molar-refractivity contribution >= 4 is 35.0 Å². The summed E-state index contributed by atoms with van der Waals surface area (Å²) in [6, 6.07) is 9.82. The van der Waals surface area contributed by atoms with E-state index in [0.717, 1.165) is 4.90 Å². The molecule has 31 heavy (non-hydrogen) atoms. The van der Waals surface area contributed by atoms with Crippen LogP contribution in [0.5, 0.6) is 0 Å². The number of aliphatic hydroxyl groups excluding tert-OH is 1. The molecule has 5 rings (SSSR count). The summed E-state index contributed by atoms with van der Waals surface area (Å²) >= 11 is 6.22. The molecule has 2 aromatic carbocycles. The Morgan fingerprint density at radius 1 is 1.19 bits per heavy atom. The third-order valence-corrected chi connectivity index (χ3v) is 6.88. The monoisotopic (exact) mass is 443 g/mol. The van der Waals surface area contributed by atoms with Crippen LogP contribution in [0.15, 0.2) is 42.5 Å². The highest BCUT2D eigenvalue weighted by molar-refractivity contribution is 6.31. The highest BCUT2D eigenvalue weighted by Gasteiger charge is 2.71. The van der Waals surface area contributed by atoms with Gasteiger partial charge in [0.1, 0.15) is 11.4 Å². The number of carbonyl (C=O) groups is 3. The second kappa shape index (κ2) is 6.85. The Morgan fingerprint density at radius 2 is 1.94 bits per heavy atom. The van der Waals surface area contributed by atoms with Gasteiger partial charge in [-0.2, -0.15) is 0 Å². The molecule has 2 saturated heterocycles. The molecule has 7 nitrogen and oxygen atoms in total. The summed E-state index contributed by atoms with van der Waals surface area (Å²) in [5.74, 6) is -4.27. The van der Waals surface area contributed by atoms with Gasteiger partial charge in [-0.15, -0.1) is 0 Å². The Balaban J connectivity index is 1.63. The highest BCUT2D eigenvalue weighted by Crippen LogP contribution is 2.53. The number of hydrogen-bond acceptors (Lipinski definition) is 5. The number of nitrogens with one attached hydrogen (secondary N) is 2. The molecule has 3 aliphatic rings. The van der Waals surface area contributed by atoms with E-state index in [1.807, 2.05) is 0 Å². The van der Waals surface area contributed by atoms with E-state index in [4.69, 9.17) is 11.6 Å². The first-order valence-corrected chi connectivity index (χ1v) is 10.3. The van der Waals surface area contributed by atoms with Crippen molar-refractivity contribution in [2.45, 2.75) is 31.2 Å². The minimum Gasteiger partial charge on any atom is -0.392 e. The van der Waals surface area contributed by atoms with Gasteiger partial charge in [-0.05, 0) is 36.8 Å². The van der Waals surface area contributed by atoms with Gasteiger partial charge in [0.05, 0.1) is 24.5 Å². The summed E-state index contributed by atoms with van der Waals surface area (Å²) in [6.45, 7) is 1.44. The van der Waals surface area contributed by atoms with Gasteiger partial charge in [-0.1, -0.05) is 29.8 Å². The molecular weight excluding hydrogens is 425 g/mol. The summed E-state index contributed by atoms with van der Waals surface area (Å²) < 4.78 is 14.1. The Labute approximate surface area is 182 Å². The molecular formula is C22H19ClFN3O4. The van der Waals surface area contributed by atoms with Gasteiger partial charge >= 0.3 is 0 Å². The van der Waals surface area contributed by atoms with Crippen LogP contribution < -0.4 is 10.6 Å². The van der Waals surface area contributed by atoms with Gasteiger partial charge in [-0.3, -0.25) is 24.6 Å². The maximum atomic E-state index is 14.1. The van der Waals surface area contributed by atoms with Gasteiger partial charge in [0.15, 0.2) is 0 Å². The summed E-state index contributed by atoms with van der Waals surface area (Å²) in [6.07, 6.45) is -1.03. The molecule has 0 bridgehead atoms. The molecule has 3 heterocycles. The number of carbonyl (C=O) groups excluding carboxylic acids is 3. The first kappa shape index (κ1) is 20.1. The van der Waals surface area contributed by atoms with Crippen LogP contribution in [0.4, 0.5) is 10.1 Å². The first-order chi connectivity index (χ1) is 14.8. The standard InChI is InChI=1S/C22H19ClFN3O4/c1-10(28)18-16-17(20(30)27(19(16)29)9-11-4-2-3-5-14(11)23)22(26-18)13-8-12(24)6-7-15(13)25-21(22)31/h2-8,10,16-18,26,28H,9H2,1H3,(H,25,31)/t10-,16-,17-,18-,22-/m0/s1. The number of benzene rings is 2. The summed E-state index contributed by atoms with van der Waals surface area (Å²) in [5.41, 5.74) is -0.431. The van der Waals surface area contributed by atoms with Crippen molar-refractivity contribution in [1.29, 1.82) is 0 Å². The molecule has 0 aliphatic carbocycles. The third kappa shape index (κ3) is 2.68. The number of amides is 3. The molecule has 2 aromatic rings. The van der Waals surface area contributed by atoms with E-state index in [-0.39, 0.29) is 12.1 Å². The topological polar surface area (TPSA) is 98.7 Å². The first-order valence-electron chi connectivity index (χ1n) is 9.91. The minimum atomic E-state index is -1.65. The summed E-state index contributed by atoms with van der Waals surface area (Å²) in [7, 11) is 0. The molecule has 160 valence electrons. The third-order valence-electron chi connectivity index (χ3n) is 6.51. The molecule has 2 fully saturated rings. The molecule has 0 saturated carbocycles. The largest absolute Gasteiger partial charge is 0.392 e. The molecule has 9 heteroatoms. The van der Waals surface area contributed by atoms with Crippen molar-refractivity contribution in [2.24, 2.45) is 11.8 Å². The highest BCUT2D eigenvalue weighted by atomic mass is 35.5. The number of nitrogens with zero attached hydrogens (tertiary/aromatic N) is 1. The number of imide groups is 1. The van der Waals surface area contributed by atoms with Crippen LogP contribution in [0.2, 0.25) is 5.02 Å². The molecule has 5 atom stereocenters. The lowest BCUT2D eigenvalue weighted by atomic mass is 9.76. The molecule has 3 N–H and O–H groups in total. The molecule has 3 amide bonds. The van der Waals surface area contributed by atoms with Crippen molar-refractivity contribution in [3.05, 3.63) is 64.4 Å². The van der Waals surface area contributed by atoms with Crippen LogP contribution in [-0.4, -0.2) is 39.9 Å².